The largest absolute Gasteiger partial charge is 0.379 e. The third-order valence-electron chi connectivity index (χ3n) is 3.66. The molecule has 0 aliphatic carbocycles. The lowest BCUT2D eigenvalue weighted by Crippen LogP contribution is -2.10. The van der Waals surface area contributed by atoms with Gasteiger partial charge in [0.2, 0.25) is 0 Å². The Morgan fingerprint density at radius 1 is 0.950 bits per heavy atom. The lowest BCUT2D eigenvalue weighted by molar-refractivity contribution is 0.873. The van der Waals surface area contributed by atoms with Gasteiger partial charge in [-0.2, -0.15) is 0 Å². The average molecular weight is 268 g/mol. The Bertz CT molecular complexity index is 570. The molecule has 0 spiro atoms. The topological polar surface area (TPSA) is 15.3 Å². The highest BCUT2D eigenvalue weighted by atomic mass is 15.1. The smallest absolute Gasteiger partial charge is 0.0488 e. The van der Waals surface area contributed by atoms with Crippen molar-refractivity contribution in [1.82, 2.24) is 0 Å². The molecule has 0 saturated carbocycles. The summed E-state index contributed by atoms with van der Waals surface area (Å²) in [6, 6.07) is 15.5. The van der Waals surface area contributed by atoms with Crippen LogP contribution >= 0.6 is 0 Å². The van der Waals surface area contributed by atoms with E-state index in [1.165, 1.54) is 22.4 Å². The van der Waals surface area contributed by atoms with Crippen LogP contribution in [0.1, 0.15) is 29.7 Å². The van der Waals surface area contributed by atoms with Gasteiger partial charge >= 0.3 is 0 Å². The first-order valence-corrected chi connectivity index (χ1v) is 7.08. The van der Waals surface area contributed by atoms with Crippen LogP contribution in [-0.4, -0.2) is 14.1 Å². The lowest BCUT2D eigenvalue weighted by atomic mass is 10.00. The van der Waals surface area contributed by atoms with Crippen LogP contribution in [0.4, 0.5) is 11.4 Å². The van der Waals surface area contributed by atoms with Crippen molar-refractivity contribution in [2.75, 3.05) is 24.3 Å². The van der Waals surface area contributed by atoms with Gasteiger partial charge in [-0.05, 0) is 56.2 Å². The van der Waals surface area contributed by atoms with Gasteiger partial charge in [0.05, 0.1) is 0 Å². The first kappa shape index (κ1) is 14.4. The summed E-state index contributed by atoms with van der Waals surface area (Å²) in [4.78, 5) is 2.11. The molecule has 2 nitrogen and oxygen atoms in total. The van der Waals surface area contributed by atoms with Crippen molar-refractivity contribution in [3.63, 3.8) is 0 Å². The molecule has 0 amide bonds. The number of hydrogen-bond acceptors (Lipinski definition) is 2. The van der Waals surface area contributed by atoms with Crippen molar-refractivity contribution in [2.24, 2.45) is 0 Å². The fourth-order valence-electron chi connectivity index (χ4n) is 2.50. The fourth-order valence-corrected chi connectivity index (χ4v) is 2.50. The van der Waals surface area contributed by atoms with E-state index >= 15 is 0 Å². The Hall–Kier alpha value is -1.96. The molecule has 2 aromatic carbocycles. The van der Waals surface area contributed by atoms with E-state index in [0.717, 1.165) is 5.69 Å². The van der Waals surface area contributed by atoms with E-state index in [1.54, 1.807) is 0 Å². The van der Waals surface area contributed by atoms with Crippen molar-refractivity contribution in [3.05, 3.63) is 59.2 Å². The number of benzene rings is 2. The minimum absolute atomic E-state index is 0.306. The van der Waals surface area contributed by atoms with E-state index in [9.17, 15) is 0 Å². The Balaban J connectivity index is 2.12. The molecular formula is C18H24N2. The van der Waals surface area contributed by atoms with Crippen LogP contribution in [0.5, 0.6) is 0 Å². The monoisotopic (exact) mass is 268 g/mol. The minimum Gasteiger partial charge on any atom is -0.379 e. The van der Waals surface area contributed by atoms with Gasteiger partial charge in [-0.3, -0.25) is 0 Å². The van der Waals surface area contributed by atoms with Crippen LogP contribution in [0.3, 0.4) is 0 Å². The lowest BCUT2D eigenvalue weighted by Gasteiger charge is -2.19. The molecule has 0 bridgehead atoms. The van der Waals surface area contributed by atoms with Crippen LogP contribution in [0, 0.1) is 13.8 Å². The van der Waals surface area contributed by atoms with Gasteiger partial charge in [0.25, 0.3) is 0 Å². The van der Waals surface area contributed by atoms with Crippen LogP contribution in [0.15, 0.2) is 42.5 Å². The molecule has 1 unspecified atom stereocenters. The van der Waals surface area contributed by atoms with Crippen molar-refractivity contribution in [2.45, 2.75) is 26.8 Å². The number of anilines is 2. The van der Waals surface area contributed by atoms with Crippen molar-refractivity contribution in [1.29, 1.82) is 0 Å². The number of nitrogens with zero attached hydrogens (tertiary/aromatic N) is 1. The highest BCUT2D eigenvalue weighted by Crippen LogP contribution is 2.24. The molecule has 2 rings (SSSR count). The van der Waals surface area contributed by atoms with Crippen LogP contribution in [0.2, 0.25) is 0 Å². The van der Waals surface area contributed by atoms with E-state index < -0.39 is 0 Å². The minimum atomic E-state index is 0.306. The molecule has 20 heavy (non-hydrogen) atoms. The van der Waals surface area contributed by atoms with E-state index in [1.807, 2.05) is 0 Å². The Morgan fingerprint density at radius 2 is 1.60 bits per heavy atom. The fraction of sp³-hybridized carbons (Fsp3) is 0.333. The highest BCUT2D eigenvalue weighted by Gasteiger charge is 2.08. The molecule has 1 N–H and O–H groups in total. The molecule has 0 aliphatic rings. The number of nitrogens with one attached hydrogen (secondary N) is 1. The summed E-state index contributed by atoms with van der Waals surface area (Å²) < 4.78 is 0. The third-order valence-corrected chi connectivity index (χ3v) is 3.66. The number of hydrogen-bond donors (Lipinski definition) is 1. The second-order valence-electron chi connectivity index (χ2n) is 5.67. The summed E-state index contributed by atoms with van der Waals surface area (Å²) in [5, 5.41) is 3.57. The van der Waals surface area contributed by atoms with Gasteiger partial charge in [0.15, 0.2) is 0 Å². The zero-order valence-electron chi connectivity index (χ0n) is 13.1. The highest BCUT2D eigenvalue weighted by molar-refractivity contribution is 5.55. The zero-order chi connectivity index (χ0) is 14.7. The Kier molecular flexibility index (Phi) is 4.33. The molecule has 1 atom stereocenters. The van der Waals surface area contributed by atoms with Gasteiger partial charge in [-0.1, -0.05) is 23.8 Å². The SMILES string of the molecule is Cc1ccc(C(C)Nc2ccc(N(C)C)cc2)c(C)c1. The van der Waals surface area contributed by atoms with Gasteiger partial charge in [-0.15, -0.1) is 0 Å². The maximum absolute atomic E-state index is 3.57. The molecule has 0 fully saturated rings. The molecule has 0 radical (unpaired) electrons. The summed E-state index contributed by atoms with van der Waals surface area (Å²) >= 11 is 0. The van der Waals surface area contributed by atoms with E-state index in [2.05, 4.69) is 87.5 Å². The maximum atomic E-state index is 3.57. The quantitative estimate of drug-likeness (QED) is 0.875. The summed E-state index contributed by atoms with van der Waals surface area (Å²) in [5.41, 5.74) is 6.38. The average Bonchev–Trinajstić information content (AvgIpc) is 2.39. The van der Waals surface area contributed by atoms with Crippen molar-refractivity contribution >= 4 is 11.4 Å². The normalized spacial score (nSPS) is 12.1. The number of rotatable bonds is 4. The standard InChI is InChI=1S/C18H24N2/c1-13-6-11-18(14(2)12-13)15(3)19-16-7-9-17(10-8-16)20(4)5/h6-12,15,19H,1-5H3. The second-order valence-corrected chi connectivity index (χ2v) is 5.67. The Labute approximate surface area is 122 Å². The Morgan fingerprint density at radius 3 is 2.15 bits per heavy atom. The first-order chi connectivity index (χ1) is 9.47. The van der Waals surface area contributed by atoms with Crippen LogP contribution in [-0.2, 0) is 0 Å². The molecule has 0 saturated heterocycles. The second kappa shape index (κ2) is 6.00. The van der Waals surface area contributed by atoms with Gasteiger partial charge in [0, 0.05) is 31.5 Å². The zero-order valence-corrected chi connectivity index (χ0v) is 13.1. The predicted octanol–water partition coefficient (Wildman–Crippen LogP) is 4.54. The van der Waals surface area contributed by atoms with Crippen molar-refractivity contribution < 1.29 is 0 Å². The van der Waals surface area contributed by atoms with Crippen LogP contribution in [0.25, 0.3) is 0 Å². The summed E-state index contributed by atoms with van der Waals surface area (Å²) in [6.07, 6.45) is 0. The molecular weight excluding hydrogens is 244 g/mol. The molecule has 2 heteroatoms. The van der Waals surface area contributed by atoms with E-state index in [4.69, 9.17) is 0 Å². The molecule has 0 aliphatic heterocycles. The number of aryl methyl sites for hydroxylation is 2. The van der Waals surface area contributed by atoms with Gasteiger partial charge < -0.3 is 10.2 Å². The van der Waals surface area contributed by atoms with E-state index in [-0.39, 0.29) is 0 Å². The van der Waals surface area contributed by atoms with Crippen molar-refractivity contribution in [3.8, 4) is 0 Å². The molecule has 106 valence electrons. The van der Waals surface area contributed by atoms with E-state index in [0.29, 0.717) is 6.04 Å². The maximum Gasteiger partial charge on any atom is 0.0488 e. The molecule has 0 aromatic heterocycles. The summed E-state index contributed by atoms with van der Waals surface area (Å²) in [6.45, 7) is 6.52. The molecule has 2 aromatic rings. The summed E-state index contributed by atoms with van der Waals surface area (Å²) in [7, 11) is 4.11. The summed E-state index contributed by atoms with van der Waals surface area (Å²) in [5.74, 6) is 0. The van der Waals surface area contributed by atoms with Gasteiger partial charge in [-0.25, -0.2) is 0 Å². The third kappa shape index (κ3) is 3.32. The first-order valence-electron chi connectivity index (χ1n) is 7.08. The van der Waals surface area contributed by atoms with Crippen LogP contribution < -0.4 is 10.2 Å². The molecule has 0 heterocycles. The van der Waals surface area contributed by atoms with Gasteiger partial charge in [0.1, 0.15) is 0 Å². The predicted molar refractivity (Wildman–Crippen MR) is 88.7 cm³/mol.